The van der Waals surface area contributed by atoms with E-state index < -0.39 is 5.97 Å². The van der Waals surface area contributed by atoms with Crippen molar-refractivity contribution in [2.24, 2.45) is 0 Å². The fraction of sp³-hybridized carbons (Fsp3) is 0.500. The van der Waals surface area contributed by atoms with E-state index in [1.165, 1.54) is 0 Å². The minimum absolute atomic E-state index is 0.120. The van der Waals surface area contributed by atoms with Crippen LogP contribution in [-0.4, -0.2) is 47.3 Å². The number of nitrogens with zero attached hydrogens (tertiary/aromatic N) is 3. The Hall–Kier alpha value is -2.18. The molecule has 0 fully saturated rings. The Morgan fingerprint density at radius 3 is 2.63 bits per heavy atom. The van der Waals surface area contributed by atoms with Gasteiger partial charge in [0, 0.05) is 26.6 Å². The third-order valence-electron chi connectivity index (χ3n) is 2.50. The number of aliphatic carboxylic acids is 1. The van der Waals surface area contributed by atoms with Crippen LogP contribution < -0.4 is 10.2 Å². The maximum absolute atomic E-state index is 11.5. The predicted octanol–water partition coefficient (Wildman–Crippen LogP) is 0.527. The van der Waals surface area contributed by atoms with Gasteiger partial charge in [0.1, 0.15) is 0 Å². The number of rotatable bonds is 7. The number of nitrogens with one attached hydrogen (secondary N) is 1. The van der Waals surface area contributed by atoms with Crippen LogP contribution in [0.4, 0.5) is 5.82 Å². The lowest BCUT2D eigenvalue weighted by atomic mass is 10.3. The maximum Gasteiger partial charge on any atom is 0.303 e. The molecular formula is C12H18N4O3. The van der Waals surface area contributed by atoms with E-state index in [0.29, 0.717) is 25.3 Å². The average Bonchev–Trinajstić information content (AvgIpc) is 2.38. The van der Waals surface area contributed by atoms with E-state index in [1.54, 1.807) is 24.1 Å². The van der Waals surface area contributed by atoms with Gasteiger partial charge in [0.25, 0.3) is 5.91 Å². The normalized spacial score (nSPS) is 10.0. The van der Waals surface area contributed by atoms with Gasteiger partial charge in [0.15, 0.2) is 11.5 Å². The molecule has 0 spiro atoms. The summed E-state index contributed by atoms with van der Waals surface area (Å²) in [6.45, 7) is 2.94. The summed E-state index contributed by atoms with van der Waals surface area (Å²) >= 11 is 0. The number of aromatic nitrogens is 2. The van der Waals surface area contributed by atoms with Crippen molar-refractivity contribution in [1.29, 1.82) is 0 Å². The molecule has 1 rings (SSSR count). The Bertz CT molecular complexity index is 433. The van der Waals surface area contributed by atoms with Crippen LogP contribution >= 0.6 is 0 Å². The minimum atomic E-state index is -0.814. The molecule has 0 atom stereocenters. The molecule has 0 saturated carbocycles. The third-order valence-corrected chi connectivity index (χ3v) is 2.50. The van der Waals surface area contributed by atoms with Crippen molar-refractivity contribution in [3.05, 3.63) is 17.8 Å². The van der Waals surface area contributed by atoms with Gasteiger partial charge in [-0.25, -0.2) is 0 Å². The molecule has 0 aromatic carbocycles. The van der Waals surface area contributed by atoms with Crippen molar-refractivity contribution in [3.63, 3.8) is 0 Å². The van der Waals surface area contributed by atoms with E-state index in [2.05, 4.69) is 15.5 Å². The largest absolute Gasteiger partial charge is 0.481 e. The van der Waals surface area contributed by atoms with E-state index >= 15 is 0 Å². The molecule has 0 aliphatic rings. The summed E-state index contributed by atoms with van der Waals surface area (Å²) in [5.41, 5.74) is 0.268. The van der Waals surface area contributed by atoms with Gasteiger partial charge in [-0.15, -0.1) is 10.2 Å². The average molecular weight is 266 g/mol. The Kier molecular flexibility index (Phi) is 5.72. The quantitative estimate of drug-likeness (QED) is 0.747. The second kappa shape index (κ2) is 7.30. The van der Waals surface area contributed by atoms with E-state index in [0.717, 1.165) is 0 Å². The molecule has 0 aliphatic carbocycles. The molecule has 0 unspecified atom stereocenters. The predicted molar refractivity (Wildman–Crippen MR) is 70.2 cm³/mol. The molecule has 0 radical (unpaired) electrons. The standard InChI is InChI=1S/C12H18N4O3/c1-3-13-12(19)9-6-7-10(15-14-9)16(2)8-4-5-11(17)18/h6-7H,3-5,8H2,1-2H3,(H,13,19)(H,17,18). The number of anilines is 1. The maximum atomic E-state index is 11.5. The molecule has 7 heteroatoms. The number of carboxylic acid groups (broad SMARTS) is 1. The topological polar surface area (TPSA) is 95.4 Å². The first kappa shape index (κ1) is 14.9. The van der Waals surface area contributed by atoms with Gasteiger partial charge in [-0.05, 0) is 25.5 Å². The third kappa shape index (κ3) is 4.90. The molecule has 1 heterocycles. The summed E-state index contributed by atoms with van der Waals surface area (Å²) in [6.07, 6.45) is 0.653. The van der Waals surface area contributed by atoms with Crippen molar-refractivity contribution >= 4 is 17.7 Å². The Morgan fingerprint density at radius 1 is 1.37 bits per heavy atom. The zero-order valence-electron chi connectivity index (χ0n) is 11.1. The lowest BCUT2D eigenvalue weighted by molar-refractivity contribution is -0.137. The summed E-state index contributed by atoms with van der Waals surface area (Å²) in [7, 11) is 1.80. The highest BCUT2D eigenvalue weighted by atomic mass is 16.4. The Balaban J connectivity index is 2.55. The molecule has 1 aromatic rings. The molecule has 0 bridgehead atoms. The zero-order valence-corrected chi connectivity index (χ0v) is 11.1. The van der Waals surface area contributed by atoms with Gasteiger partial charge >= 0.3 is 5.97 Å². The summed E-state index contributed by atoms with van der Waals surface area (Å²) in [5, 5.41) is 19.0. The van der Waals surface area contributed by atoms with E-state index in [4.69, 9.17) is 5.11 Å². The lowest BCUT2D eigenvalue weighted by Crippen LogP contribution is -2.25. The number of hydrogen-bond acceptors (Lipinski definition) is 5. The fourth-order valence-electron chi connectivity index (χ4n) is 1.48. The van der Waals surface area contributed by atoms with Crippen LogP contribution in [0.5, 0.6) is 0 Å². The number of carbonyl (C=O) groups is 2. The van der Waals surface area contributed by atoms with Crippen LogP contribution in [0.2, 0.25) is 0 Å². The molecule has 1 aromatic heterocycles. The highest BCUT2D eigenvalue weighted by Crippen LogP contribution is 2.08. The van der Waals surface area contributed by atoms with Gasteiger partial charge < -0.3 is 15.3 Å². The smallest absolute Gasteiger partial charge is 0.303 e. The highest BCUT2D eigenvalue weighted by Gasteiger charge is 2.09. The van der Waals surface area contributed by atoms with Crippen molar-refractivity contribution < 1.29 is 14.7 Å². The fourth-order valence-corrected chi connectivity index (χ4v) is 1.48. The van der Waals surface area contributed by atoms with Crippen LogP contribution in [0.1, 0.15) is 30.3 Å². The van der Waals surface area contributed by atoms with Crippen LogP contribution in [0.3, 0.4) is 0 Å². The number of carbonyl (C=O) groups excluding carboxylic acids is 1. The van der Waals surface area contributed by atoms with Crippen molar-refractivity contribution in [3.8, 4) is 0 Å². The van der Waals surface area contributed by atoms with Gasteiger partial charge in [0.05, 0.1) is 0 Å². The van der Waals surface area contributed by atoms with Crippen LogP contribution in [0, 0.1) is 0 Å². The first-order valence-corrected chi connectivity index (χ1v) is 6.09. The molecule has 0 saturated heterocycles. The Morgan fingerprint density at radius 2 is 2.11 bits per heavy atom. The summed E-state index contributed by atoms with van der Waals surface area (Å²) < 4.78 is 0. The van der Waals surface area contributed by atoms with E-state index in [1.807, 2.05) is 6.92 Å². The van der Waals surface area contributed by atoms with E-state index in [9.17, 15) is 9.59 Å². The summed E-state index contributed by atoms with van der Waals surface area (Å²) in [6, 6.07) is 3.29. The van der Waals surface area contributed by atoms with Crippen molar-refractivity contribution in [2.45, 2.75) is 19.8 Å². The van der Waals surface area contributed by atoms with Gasteiger partial charge in [-0.3, -0.25) is 9.59 Å². The van der Waals surface area contributed by atoms with E-state index in [-0.39, 0.29) is 18.0 Å². The number of amides is 1. The summed E-state index contributed by atoms with van der Waals surface area (Å²) in [4.78, 5) is 23.7. The molecule has 19 heavy (non-hydrogen) atoms. The van der Waals surface area contributed by atoms with Gasteiger partial charge in [-0.2, -0.15) is 0 Å². The molecule has 7 nitrogen and oxygen atoms in total. The first-order valence-electron chi connectivity index (χ1n) is 6.09. The Labute approximate surface area is 111 Å². The molecule has 1 amide bonds. The van der Waals surface area contributed by atoms with Gasteiger partial charge in [0.2, 0.25) is 0 Å². The summed E-state index contributed by atoms with van der Waals surface area (Å²) in [5.74, 6) is -0.459. The SMILES string of the molecule is CCNC(=O)c1ccc(N(C)CCCC(=O)O)nn1. The van der Waals surface area contributed by atoms with Crippen LogP contribution in [0.25, 0.3) is 0 Å². The second-order valence-corrected chi connectivity index (χ2v) is 4.06. The van der Waals surface area contributed by atoms with Gasteiger partial charge in [-0.1, -0.05) is 0 Å². The zero-order chi connectivity index (χ0) is 14.3. The molecule has 104 valence electrons. The van der Waals surface area contributed by atoms with Crippen LogP contribution in [0.15, 0.2) is 12.1 Å². The number of carboxylic acids is 1. The first-order chi connectivity index (χ1) is 9.04. The minimum Gasteiger partial charge on any atom is -0.481 e. The molecular weight excluding hydrogens is 248 g/mol. The van der Waals surface area contributed by atoms with Crippen molar-refractivity contribution in [1.82, 2.24) is 15.5 Å². The lowest BCUT2D eigenvalue weighted by Gasteiger charge is -2.16. The number of hydrogen-bond donors (Lipinski definition) is 2. The van der Waals surface area contributed by atoms with Crippen molar-refractivity contribution in [2.75, 3.05) is 25.0 Å². The monoisotopic (exact) mass is 266 g/mol. The second-order valence-electron chi connectivity index (χ2n) is 4.06. The molecule has 0 aliphatic heterocycles. The highest BCUT2D eigenvalue weighted by molar-refractivity contribution is 5.92. The van der Waals surface area contributed by atoms with Crippen LogP contribution in [-0.2, 0) is 4.79 Å². The molecule has 2 N–H and O–H groups in total.